The summed E-state index contributed by atoms with van der Waals surface area (Å²) in [5.74, 6) is 0. The van der Waals surface area contributed by atoms with Gasteiger partial charge in [0.1, 0.15) is 6.10 Å². The number of ether oxygens (including phenoxy) is 1. The minimum Gasteiger partial charge on any atom is -0.446 e. The third-order valence-electron chi connectivity index (χ3n) is 3.19. The second-order valence-corrected chi connectivity index (χ2v) is 4.38. The first kappa shape index (κ1) is 17.8. The highest BCUT2D eigenvalue weighted by molar-refractivity contribution is 5.68. The summed E-state index contributed by atoms with van der Waals surface area (Å²) in [5, 5.41) is 3.22. The molecule has 1 heterocycles. The molecule has 0 atom stereocenters. The number of terminal acetylenes is 1. The van der Waals surface area contributed by atoms with Crippen molar-refractivity contribution in [1.29, 1.82) is 0 Å². The number of nitrogens with one attached hydrogen (secondary N) is 1. The molecule has 1 amide bonds. The van der Waals surface area contributed by atoms with Gasteiger partial charge in [0.15, 0.2) is 0 Å². The summed E-state index contributed by atoms with van der Waals surface area (Å²) in [4.78, 5) is 13.6. The van der Waals surface area contributed by atoms with E-state index in [1.807, 2.05) is 18.7 Å². The lowest BCUT2D eigenvalue weighted by molar-refractivity contribution is 0.0433. The molecule has 4 nitrogen and oxygen atoms in total. The van der Waals surface area contributed by atoms with Gasteiger partial charge in [0, 0.05) is 26.2 Å². The molecule has 4 heteroatoms. The Kier molecular flexibility index (Phi) is 11.1. The van der Waals surface area contributed by atoms with Crippen LogP contribution < -0.4 is 5.32 Å². The van der Waals surface area contributed by atoms with E-state index in [1.54, 1.807) is 0 Å². The Balaban J connectivity index is 0.000000741. The highest BCUT2D eigenvalue weighted by atomic mass is 16.6. The van der Waals surface area contributed by atoms with Crippen LogP contribution in [0.1, 0.15) is 46.0 Å². The second-order valence-electron chi connectivity index (χ2n) is 4.38. The van der Waals surface area contributed by atoms with Crippen LogP contribution >= 0.6 is 0 Å². The Morgan fingerprint density at radius 3 is 2.16 bits per heavy atom. The van der Waals surface area contributed by atoms with Crippen LogP contribution in [0.25, 0.3) is 0 Å². The average Bonchev–Trinajstić information content (AvgIpc) is 2.53. The van der Waals surface area contributed by atoms with Crippen molar-refractivity contribution in [1.82, 2.24) is 10.2 Å². The maximum atomic E-state index is 11.7. The van der Waals surface area contributed by atoms with Crippen LogP contribution in [0.2, 0.25) is 0 Å². The maximum Gasteiger partial charge on any atom is 0.410 e. The van der Waals surface area contributed by atoms with Gasteiger partial charge < -0.3 is 15.0 Å². The molecule has 0 unspecified atom stereocenters. The van der Waals surface area contributed by atoms with E-state index in [9.17, 15) is 4.79 Å². The van der Waals surface area contributed by atoms with Crippen molar-refractivity contribution in [3.05, 3.63) is 0 Å². The third kappa shape index (κ3) is 7.07. The van der Waals surface area contributed by atoms with Crippen LogP contribution in [0.4, 0.5) is 4.79 Å². The Labute approximate surface area is 117 Å². The maximum absolute atomic E-state index is 11.7. The second kappa shape index (κ2) is 11.9. The quantitative estimate of drug-likeness (QED) is 0.743. The highest BCUT2D eigenvalue weighted by Gasteiger charge is 2.22. The summed E-state index contributed by atoms with van der Waals surface area (Å²) in [7, 11) is 0. The summed E-state index contributed by atoms with van der Waals surface area (Å²) in [6.45, 7) is 7.34. The molecule has 1 aliphatic carbocycles. The summed E-state index contributed by atoms with van der Waals surface area (Å²) in [5.41, 5.74) is 0. The van der Waals surface area contributed by atoms with Gasteiger partial charge in [-0.25, -0.2) is 4.79 Å². The first-order valence-electron chi connectivity index (χ1n) is 7.36. The minimum absolute atomic E-state index is 0.108. The van der Waals surface area contributed by atoms with Gasteiger partial charge >= 0.3 is 6.09 Å². The van der Waals surface area contributed by atoms with Gasteiger partial charge in [-0.1, -0.05) is 20.3 Å². The van der Waals surface area contributed by atoms with E-state index in [2.05, 4.69) is 18.2 Å². The van der Waals surface area contributed by atoms with Gasteiger partial charge in [0.2, 0.25) is 0 Å². The molecule has 19 heavy (non-hydrogen) atoms. The zero-order valence-corrected chi connectivity index (χ0v) is 12.4. The van der Waals surface area contributed by atoms with E-state index < -0.39 is 0 Å². The van der Waals surface area contributed by atoms with Crippen molar-refractivity contribution in [3.63, 3.8) is 0 Å². The standard InChI is InChI=1S/C11H20N2O2.C2H6.C2H2/c14-11(13-8-6-12-7-9-13)15-10-4-2-1-3-5-10;2*1-2/h10,12H,1-9H2;1-2H3;1-2H. The smallest absolute Gasteiger partial charge is 0.410 e. The van der Waals surface area contributed by atoms with Crippen molar-refractivity contribution in [2.45, 2.75) is 52.1 Å². The van der Waals surface area contributed by atoms with Crippen molar-refractivity contribution in [2.24, 2.45) is 0 Å². The summed E-state index contributed by atoms with van der Waals surface area (Å²) in [6.07, 6.45) is 13.9. The van der Waals surface area contributed by atoms with E-state index in [0.29, 0.717) is 0 Å². The fraction of sp³-hybridized carbons (Fsp3) is 0.800. The molecule has 0 aromatic rings. The first-order valence-corrected chi connectivity index (χ1v) is 7.36. The molecule has 0 bridgehead atoms. The number of rotatable bonds is 1. The van der Waals surface area contributed by atoms with Crippen molar-refractivity contribution < 1.29 is 9.53 Å². The molecule has 1 saturated carbocycles. The molecule has 1 aliphatic heterocycles. The molecule has 2 fully saturated rings. The lowest BCUT2D eigenvalue weighted by atomic mass is 9.98. The molecule has 0 aromatic carbocycles. The molecule has 1 saturated heterocycles. The van der Waals surface area contributed by atoms with Crippen LogP contribution in [-0.4, -0.2) is 43.3 Å². The van der Waals surface area contributed by atoms with Crippen molar-refractivity contribution in [2.75, 3.05) is 26.2 Å². The molecule has 0 spiro atoms. The van der Waals surface area contributed by atoms with Gasteiger partial charge in [0.05, 0.1) is 0 Å². The fourth-order valence-electron chi connectivity index (χ4n) is 2.25. The van der Waals surface area contributed by atoms with Gasteiger partial charge in [-0.2, -0.15) is 0 Å². The van der Waals surface area contributed by atoms with E-state index in [4.69, 9.17) is 4.74 Å². The topological polar surface area (TPSA) is 41.6 Å². The van der Waals surface area contributed by atoms with Crippen molar-refractivity contribution in [3.8, 4) is 12.8 Å². The van der Waals surface area contributed by atoms with Crippen LogP contribution in [0.3, 0.4) is 0 Å². The van der Waals surface area contributed by atoms with E-state index in [1.165, 1.54) is 19.3 Å². The lowest BCUT2D eigenvalue weighted by Gasteiger charge is -2.29. The summed E-state index contributed by atoms with van der Waals surface area (Å²) < 4.78 is 5.49. The van der Waals surface area contributed by atoms with E-state index in [0.717, 1.165) is 39.0 Å². The van der Waals surface area contributed by atoms with Crippen LogP contribution in [-0.2, 0) is 4.74 Å². The van der Waals surface area contributed by atoms with Crippen LogP contribution in [0.5, 0.6) is 0 Å². The highest BCUT2D eigenvalue weighted by Crippen LogP contribution is 2.20. The summed E-state index contributed by atoms with van der Waals surface area (Å²) in [6, 6.07) is 0. The number of piperazine rings is 1. The Hall–Kier alpha value is -1.21. The number of carbonyl (C=O) groups is 1. The molecule has 0 aromatic heterocycles. The van der Waals surface area contributed by atoms with Crippen molar-refractivity contribution >= 4 is 6.09 Å². The first-order chi connectivity index (χ1) is 9.36. The number of nitrogens with zero attached hydrogens (tertiary/aromatic N) is 1. The minimum atomic E-state index is -0.108. The Morgan fingerprint density at radius 1 is 1.11 bits per heavy atom. The summed E-state index contributed by atoms with van der Waals surface area (Å²) >= 11 is 0. The van der Waals surface area contributed by atoms with Crippen LogP contribution in [0, 0.1) is 12.8 Å². The number of carbonyl (C=O) groups excluding carboxylic acids is 1. The third-order valence-corrected chi connectivity index (χ3v) is 3.19. The fourth-order valence-corrected chi connectivity index (χ4v) is 2.25. The molecule has 2 aliphatic rings. The van der Waals surface area contributed by atoms with Gasteiger partial charge in [-0.3, -0.25) is 0 Å². The Bertz CT molecular complexity index is 242. The normalized spacial score (nSPS) is 19.3. The number of amides is 1. The predicted octanol–water partition coefficient (Wildman–Crippen LogP) is 2.64. The zero-order valence-electron chi connectivity index (χ0n) is 12.4. The molecule has 0 radical (unpaired) electrons. The number of hydrogen-bond acceptors (Lipinski definition) is 3. The Morgan fingerprint density at radius 2 is 1.63 bits per heavy atom. The zero-order chi connectivity index (χ0) is 14.5. The lowest BCUT2D eigenvalue weighted by Crippen LogP contribution is -2.47. The molecular weight excluding hydrogens is 240 g/mol. The van der Waals surface area contributed by atoms with Gasteiger partial charge in [0.25, 0.3) is 0 Å². The average molecular weight is 268 g/mol. The van der Waals surface area contributed by atoms with E-state index in [-0.39, 0.29) is 12.2 Å². The molecule has 110 valence electrons. The molecular formula is C15H28N2O2. The molecule has 1 N–H and O–H groups in total. The van der Waals surface area contributed by atoms with Gasteiger partial charge in [-0.05, 0) is 25.7 Å². The predicted molar refractivity (Wildman–Crippen MR) is 79.0 cm³/mol. The molecule has 2 rings (SSSR count). The van der Waals surface area contributed by atoms with Gasteiger partial charge in [-0.15, -0.1) is 12.8 Å². The van der Waals surface area contributed by atoms with Crippen LogP contribution in [0.15, 0.2) is 0 Å². The number of hydrogen-bond donors (Lipinski definition) is 1. The SMILES string of the molecule is C#C.CC.O=C(OC1CCCCC1)N1CCNCC1. The van der Waals surface area contributed by atoms with E-state index >= 15 is 0 Å². The monoisotopic (exact) mass is 268 g/mol. The largest absolute Gasteiger partial charge is 0.446 e.